The lowest BCUT2D eigenvalue weighted by atomic mass is 10.6. The van der Waals surface area contributed by atoms with Crippen LogP contribution < -0.4 is 0 Å². The number of carbonyl (C=O) groups is 1. The van der Waals surface area contributed by atoms with Crippen LogP contribution in [-0.2, 0) is 4.79 Å². The van der Waals surface area contributed by atoms with Gasteiger partial charge in [-0.15, -0.1) is 0 Å². The average molecular weight is 97.1 g/mol. The van der Waals surface area contributed by atoms with Crippen LogP contribution in [0.4, 0.5) is 0 Å². The Bertz CT molecular complexity index is 90.3. The van der Waals surface area contributed by atoms with Crippen molar-refractivity contribution in [3.63, 3.8) is 0 Å². The molecule has 2 nitrogen and oxygen atoms in total. The Morgan fingerprint density at radius 2 is 2.00 bits per heavy atom. The molecule has 0 aliphatic carbocycles. The van der Waals surface area contributed by atoms with Gasteiger partial charge in [-0.05, 0) is 0 Å². The molecule has 0 spiro atoms. The van der Waals surface area contributed by atoms with Crippen LogP contribution in [0.1, 0.15) is 0 Å². The minimum Gasteiger partial charge on any atom is -0.338 e. The van der Waals surface area contributed by atoms with Gasteiger partial charge in [-0.3, -0.25) is 4.79 Å². The molecule has 0 aromatic heterocycles. The van der Waals surface area contributed by atoms with E-state index in [0.29, 0.717) is 0 Å². The smallest absolute Gasteiger partial charge is 0.210 e. The van der Waals surface area contributed by atoms with Gasteiger partial charge in [0.25, 0.3) is 0 Å². The zero-order valence-electron chi connectivity index (χ0n) is 4.00. The van der Waals surface area contributed by atoms with E-state index in [2.05, 4.69) is 0 Å². The minimum atomic E-state index is 0.795. The van der Waals surface area contributed by atoms with E-state index in [9.17, 15) is 4.79 Å². The van der Waals surface area contributed by atoms with Gasteiger partial charge in [-0.1, -0.05) is 12.2 Å². The van der Waals surface area contributed by atoms with Crippen molar-refractivity contribution in [2.75, 3.05) is 13.1 Å². The predicted molar refractivity (Wildman–Crippen MR) is 26.8 cm³/mol. The van der Waals surface area contributed by atoms with Crippen LogP contribution >= 0.6 is 0 Å². The zero-order valence-corrected chi connectivity index (χ0v) is 4.00. The van der Waals surface area contributed by atoms with E-state index in [4.69, 9.17) is 0 Å². The van der Waals surface area contributed by atoms with E-state index in [1.165, 1.54) is 0 Å². The molecule has 7 heavy (non-hydrogen) atoms. The van der Waals surface area contributed by atoms with Crippen molar-refractivity contribution >= 4 is 6.41 Å². The first-order valence-electron chi connectivity index (χ1n) is 2.28. The Morgan fingerprint density at radius 1 is 1.43 bits per heavy atom. The lowest BCUT2D eigenvalue weighted by molar-refractivity contribution is -0.116. The molecular formula is C5H7NO. The molecule has 0 saturated heterocycles. The summed E-state index contributed by atoms with van der Waals surface area (Å²) in [5.41, 5.74) is 0. The highest BCUT2D eigenvalue weighted by atomic mass is 16.1. The van der Waals surface area contributed by atoms with Crippen molar-refractivity contribution < 1.29 is 4.79 Å². The first-order valence-corrected chi connectivity index (χ1v) is 2.28. The molecule has 0 radical (unpaired) electrons. The van der Waals surface area contributed by atoms with E-state index < -0.39 is 0 Å². The van der Waals surface area contributed by atoms with E-state index in [-0.39, 0.29) is 0 Å². The van der Waals surface area contributed by atoms with E-state index in [1.54, 1.807) is 4.90 Å². The Labute approximate surface area is 42.4 Å². The highest BCUT2D eigenvalue weighted by molar-refractivity contribution is 5.48. The van der Waals surface area contributed by atoms with Gasteiger partial charge in [0, 0.05) is 13.1 Å². The number of hydrogen-bond acceptors (Lipinski definition) is 1. The lowest BCUT2D eigenvalue weighted by Gasteiger charge is -2.03. The van der Waals surface area contributed by atoms with Gasteiger partial charge in [0.1, 0.15) is 0 Å². The summed E-state index contributed by atoms with van der Waals surface area (Å²) in [7, 11) is 0. The summed E-state index contributed by atoms with van der Waals surface area (Å²) in [6.45, 7) is 1.59. The van der Waals surface area contributed by atoms with Crippen molar-refractivity contribution in [3.8, 4) is 0 Å². The lowest BCUT2D eigenvalue weighted by Crippen LogP contribution is -2.16. The van der Waals surface area contributed by atoms with Crippen LogP contribution in [0.15, 0.2) is 12.2 Å². The SMILES string of the molecule is O=CN1CC=CC1. The second-order valence-electron chi connectivity index (χ2n) is 1.53. The molecule has 1 heterocycles. The fraction of sp³-hybridized carbons (Fsp3) is 0.400. The summed E-state index contributed by atoms with van der Waals surface area (Å²) in [6.07, 6.45) is 4.82. The fourth-order valence-corrected chi connectivity index (χ4v) is 0.580. The zero-order chi connectivity index (χ0) is 5.11. The molecule has 0 aromatic carbocycles. The Morgan fingerprint density at radius 3 is 2.29 bits per heavy atom. The standard InChI is InChI=1S/C5H7NO/c7-5-6-3-1-2-4-6/h1-2,5H,3-4H2. The van der Waals surface area contributed by atoms with Gasteiger partial charge >= 0.3 is 0 Å². The van der Waals surface area contributed by atoms with Gasteiger partial charge in [0.05, 0.1) is 0 Å². The molecule has 0 fully saturated rings. The number of rotatable bonds is 1. The predicted octanol–water partition coefficient (Wildman–Crippen LogP) is 0.0146. The van der Waals surface area contributed by atoms with Gasteiger partial charge in [-0.2, -0.15) is 0 Å². The Balaban J connectivity index is 2.35. The first-order chi connectivity index (χ1) is 3.43. The molecule has 0 N–H and O–H groups in total. The fourth-order valence-electron chi connectivity index (χ4n) is 0.580. The molecule has 0 bridgehead atoms. The molecule has 2 heteroatoms. The summed E-state index contributed by atoms with van der Waals surface area (Å²) in [4.78, 5) is 11.6. The maximum Gasteiger partial charge on any atom is 0.210 e. The monoisotopic (exact) mass is 97.1 g/mol. The van der Waals surface area contributed by atoms with Crippen molar-refractivity contribution in [2.45, 2.75) is 0 Å². The number of amides is 1. The van der Waals surface area contributed by atoms with E-state index in [1.807, 2.05) is 12.2 Å². The summed E-state index contributed by atoms with van der Waals surface area (Å²) in [6, 6.07) is 0. The second kappa shape index (κ2) is 1.78. The molecule has 1 aliphatic heterocycles. The van der Waals surface area contributed by atoms with Crippen molar-refractivity contribution in [1.29, 1.82) is 0 Å². The van der Waals surface area contributed by atoms with E-state index in [0.717, 1.165) is 19.5 Å². The highest BCUT2D eigenvalue weighted by Crippen LogP contribution is 1.92. The summed E-state index contributed by atoms with van der Waals surface area (Å²) < 4.78 is 0. The van der Waals surface area contributed by atoms with Crippen LogP contribution in [0.5, 0.6) is 0 Å². The van der Waals surface area contributed by atoms with Crippen LogP contribution in [0.25, 0.3) is 0 Å². The van der Waals surface area contributed by atoms with Crippen LogP contribution in [0, 0.1) is 0 Å². The van der Waals surface area contributed by atoms with Crippen molar-refractivity contribution in [2.24, 2.45) is 0 Å². The summed E-state index contributed by atoms with van der Waals surface area (Å²) in [5.74, 6) is 0. The third-order valence-corrected chi connectivity index (χ3v) is 0.996. The number of carbonyl (C=O) groups excluding carboxylic acids is 1. The van der Waals surface area contributed by atoms with Crippen molar-refractivity contribution in [3.05, 3.63) is 12.2 Å². The molecule has 0 unspecified atom stereocenters. The van der Waals surface area contributed by atoms with Gasteiger partial charge in [0.2, 0.25) is 6.41 Å². The van der Waals surface area contributed by atoms with Crippen LogP contribution in [0.2, 0.25) is 0 Å². The van der Waals surface area contributed by atoms with E-state index >= 15 is 0 Å². The number of hydrogen-bond donors (Lipinski definition) is 0. The molecule has 1 aliphatic rings. The molecule has 0 atom stereocenters. The maximum absolute atomic E-state index is 9.89. The third kappa shape index (κ3) is 0.796. The molecular weight excluding hydrogens is 90.1 g/mol. The quantitative estimate of drug-likeness (QED) is 0.333. The molecule has 1 amide bonds. The normalized spacial score (nSPS) is 18.0. The number of nitrogens with zero attached hydrogens (tertiary/aromatic N) is 1. The highest BCUT2D eigenvalue weighted by Gasteiger charge is 1.98. The van der Waals surface area contributed by atoms with Crippen molar-refractivity contribution in [1.82, 2.24) is 4.90 Å². The third-order valence-electron chi connectivity index (χ3n) is 0.996. The molecule has 38 valence electrons. The summed E-state index contributed by atoms with van der Waals surface area (Å²) >= 11 is 0. The molecule has 1 rings (SSSR count). The van der Waals surface area contributed by atoms with Gasteiger partial charge in [-0.25, -0.2) is 0 Å². The Hall–Kier alpha value is -0.790. The van der Waals surface area contributed by atoms with Crippen LogP contribution in [-0.4, -0.2) is 24.4 Å². The second-order valence-corrected chi connectivity index (χ2v) is 1.53. The average Bonchev–Trinajstić information content (AvgIpc) is 2.14. The topological polar surface area (TPSA) is 20.3 Å². The minimum absolute atomic E-state index is 0.795. The molecule has 0 aromatic rings. The van der Waals surface area contributed by atoms with Crippen LogP contribution in [0.3, 0.4) is 0 Å². The first kappa shape index (κ1) is 4.37. The summed E-state index contributed by atoms with van der Waals surface area (Å²) in [5, 5.41) is 0. The Kier molecular flexibility index (Phi) is 1.11. The van der Waals surface area contributed by atoms with Gasteiger partial charge in [0.15, 0.2) is 0 Å². The largest absolute Gasteiger partial charge is 0.338 e. The van der Waals surface area contributed by atoms with Gasteiger partial charge < -0.3 is 4.90 Å². The maximum atomic E-state index is 9.89. The molecule has 0 saturated carbocycles.